The Morgan fingerprint density at radius 2 is 1.56 bits per heavy atom. The predicted octanol–water partition coefficient (Wildman–Crippen LogP) is 5.23. The Bertz CT molecular complexity index is 609. The van der Waals surface area contributed by atoms with Gasteiger partial charge in [-0.2, -0.15) is 0 Å². The van der Waals surface area contributed by atoms with Crippen molar-refractivity contribution in [1.29, 1.82) is 0 Å². The van der Waals surface area contributed by atoms with Crippen molar-refractivity contribution in [2.24, 2.45) is 0 Å². The van der Waals surface area contributed by atoms with E-state index < -0.39 is 0 Å². The lowest BCUT2D eigenvalue weighted by Crippen LogP contribution is -2.35. The van der Waals surface area contributed by atoms with Gasteiger partial charge < -0.3 is 4.74 Å². The fourth-order valence-electron chi connectivity index (χ4n) is 2.86. The van der Waals surface area contributed by atoms with Gasteiger partial charge in [-0.05, 0) is 24.0 Å². The summed E-state index contributed by atoms with van der Waals surface area (Å²) >= 11 is 0. The summed E-state index contributed by atoms with van der Waals surface area (Å²) in [5.41, 5.74) is 2.54. The molecular formula is C23H29NO. The van der Waals surface area contributed by atoms with E-state index in [0.717, 1.165) is 32.5 Å². The molecule has 0 unspecified atom stereocenters. The molecule has 132 valence electrons. The highest BCUT2D eigenvalue weighted by atomic mass is 16.5. The molecule has 0 saturated carbocycles. The van der Waals surface area contributed by atoms with E-state index in [0.29, 0.717) is 12.6 Å². The second-order valence-electron chi connectivity index (χ2n) is 6.16. The van der Waals surface area contributed by atoms with Gasteiger partial charge in [-0.3, -0.25) is 4.90 Å². The summed E-state index contributed by atoms with van der Waals surface area (Å²) in [7, 11) is 0. The molecule has 0 N–H and O–H groups in total. The lowest BCUT2D eigenvalue weighted by molar-refractivity contribution is 0.0955. The standard InChI is InChI=1S/C23H29NO/c1-3-5-17-24(19-21-12-8-6-9-13-21)23(4-2)16-18-25-20-22-14-10-7-11-15-22/h3-4,6-15,23H,1-2,5,16-20H2/t23-/m0/s1. The highest BCUT2D eigenvalue weighted by Gasteiger charge is 2.15. The van der Waals surface area contributed by atoms with Gasteiger partial charge in [-0.1, -0.05) is 72.8 Å². The molecule has 0 aromatic heterocycles. The molecule has 2 nitrogen and oxygen atoms in total. The van der Waals surface area contributed by atoms with Crippen molar-refractivity contribution in [3.8, 4) is 0 Å². The van der Waals surface area contributed by atoms with Crippen molar-refractivity contribution < 1.29 is 4.74 Å². The fourth-order valence-corrected chi connectivity index (χ4v) is 2.86. The first-order valence-corrected chi connectivity index (χ1v) is 8.96. The quantitative estimate of drug-likeness (QED) is 0.389. The minimum Gasteiger partial charge on any atom is -0.377 e. The zero-order valence-electron chi connectivity index (χ0n) is 15.0. The number of nitrogens with zero attached hydrogens (tertiary/aromatic N) is 1. The van der Waals surface area contributed by atoms with Crippen LogP contribution in [0.25, 0.3) is 0 Å². The molecule has 0 spiro atoms. The number of ether oxygens (including phenoxy) is 1. The normalized spacial score (nSPS) is 12.0. The van der Waals surface area contributed by atoms with Crippen LogP contribution in [0.3, 0.4) is 0 Å². The molecule has 2 rings (SSSR count). The summed E-state index contributed by atoms with van der Waals surface area (Å²) in [6.45, 7) is 11.2. The molecule has 0 amide bonds. The molecule has 0 radical (unpaired) electrons. The molecule has 0 fully saturated rings. The van der Waals surface area contributed by atoms with E-state index >= 15 is 0 Å². The Balaban J connectivity index is 1.86. The Kier molecular flexibility index (Phi) is 8.74. The van der Waals surface area contributed by atoms with Crippen molar-refractivity contribution in [2.75, 3.05) is 13.2 Å². The van der Waals surface area contributed by atoms with Gasteiger partial charge in [0.05, 0.1) is 6.61 Å². The SMILES string of the molecule is C=CCCN(Cc1ccccc1)[C@@H](C=C)CCOCc1ccccc1. The predicted molar refractivity (Wildman–Crippen MR) is 106 cm³/mol. The average molecular weight is 335 g/mol. The summed E-state index contributed by atoms with van der Waals surface area (Å²) in [5.74, 6) is 0. The van der Waals surface area contributed by atoms with Gasteiger partial charge in [0.1, 0.15) is 0 Å². The Morgan fingerprint density at radius 3 is 2.16 bits per heavy atom. The summed E-state index contributed by atoms with van der Waals surface area (Å²) in [6, 6.07) is 21.2. The fraction of sp³-hybridized carbons (Fsp3) is 0.304. The van der Waals surface area contributed by atoms with Crippen molar-refractivity contribution in [3.05, 3.63) is 97.1 Å². The largest absolute Gasteiger partial charge is 0.377 e. The summed E-state index contributed by atoms with van der Waals surface area (Å²) in [4.78, 5) is 2.45. The lowest BCUT2D eigenvalue weighted by atomic mass is 10.1. The molecule has 2 heteroatoms. The topological polar surface area (TPSA) is 12.5 Å². The lowest BCUT2D eigenvalue weighted by Gasteiger charge is -2.29. The molecule has 0 aliphatic carbocycles. The monoisotopic (exact) mass is 335 g/mol. The van der Waals surface area contributed by atoms with Gasteiger partial charge in [-0.15, -0.1) is 13.2 Å². The van der Waals surface area contributed by atoms with Crippen LogP contribution in [-0.2, 0) is 17.9 Å². The summed E-state index contributed by atoms with van der Waals surface area (Å²) in [5, 5.41) is 0. The minimum atomic E-state index is 0.302. The van der Waals surface area contributed by atoms with Crippen LogP contribution in [0.1, 0.15) is 24.0 Å². The first-order chi connectivity index (χ1) is 12.3. The van der Waals surface area contributed by atoms with Gasteiger partial charge in [0, 0.05) is 25.7 Å². The van der Waals surface area contributed by atoms with Gasteiger partial charge in [0.25, 0.3) is 0 Å². The molecule has 0 aliphatic heterocycles. The summed E-state index contributed by atoms with van der Waals surface area (Å²) < 4.78 is 5.86. The van der Waals surface area contributed by atoms with Crippen LogP contribution < -0.4 is 0 Å². The Labute approximate surface area is 152 Å². The molecule has 0 heterocycles. The second kappa shape index (κ2) is 11.4. The van der Waals surface area contributed by atoms with Crippen LogP contribution in [0, 0.1) is 0 Å². The minimum absolute atomic E-state index is 0.302. The smallest absolute Gasteiger partial charge is 0.0716 e. The van der Waals surface area contributed by atoms with Gasteiger partial charge in [0.2, 0.25) is 0 Å². The molecule has 0 bridgehead atoms. The maximum absolute atomic E-state index is 5.86. The highest BCUT2D eigenvalue weighted by Crippen LogP contribution is 2.13. The third-order valence-electron chi connectivity index (χ3n) is 4.26. The maximum atomic E-state index is 5.86. The van der Waals surface area contributed by atoms with Gasteiger partial charge >= 0.3 is 0 Å². The zero-order valence-corrected chi connectivity index (χ0v) is 15.0. The van der Waals surface area contributed by atoms with E-state index in [4.69, 9.17) is 4.74 Å². The first kappa shape index (κ1) is 19.2. The molecule has 2 aromatic carbocycles. The van der Waals surface area contributed by atoms with Gasteiger partial charge in [0.15, 0.2) is 0 Å². The molecule has 2 aromatic rings. The van der Waals surface area contributed by atoms with Crippen molar-refractivity contribution in [2.45, 2.75) is 32.0 Å². The van der Waals surface area contributed by atoms with E-state index in [-0.39, 0.29) is 0 Å². The van der Waals surface area contributed by atoms with E-state index in [1.807, 2.05) is 30.4 Å². The molecular weight excluding hydrogens is 306 g/mol. The van der Waals surface area contributed by atoms with E-state index in [1.54, 1.807) is 0 Å². The van der Waals surface area contributed by atoms with Gasteiger partial charge in [-0.25, -0.2) is 0 Å². The summed E-state index contributed by atoms with van der Waals surface area (Å²) in [6.07, 6.45) is 5.93. The molecule has 25 heavy (non-hydrogen) atoms. The number of benzene rings is 2. The zero-order chi connectivity index (χ0) is 17.7. The number of hydrogen-bond acceptors (Lipinski definition) is 2. The van der Waals surface area contributed by atoms with Crippen LogP contribution in [-0.4, -0.2) is 24.1 Å². The van der Waals surface area contributed by atoms with E-state index in [1.165, 1.54) is 11.1 Å². The third kappa shape index (κ3) is 7.08. The Hall–Kier alpha value is -2.16. The van der Waals surface area contributed by atoms with Crippen LogP contribution in [0.15, 0.2) is 86.0 Å². The van der Waals surface area contributed by atoms with Crippen molar-refractivity contribution in [1.82, 2.24) is 4.90 Å². The van der Waals surface area contributed by atoms with Crippen LogP contribution >= 0.6 is 0 Å². The number of rotatable bonds is 12. The van der Waals surface area contributed by atoms with Crippen molar-refractivity contribution in [3.63, 3.8) is 0 Å². The first-order valence-electron chi connectivity index (χ1n) is 8.96. The second-order valence-corrected chi connectivity index (χ2v) is 6.16. The number of hydrogen-bond donors (Lipinski definition) is 0. The van der Waals surface area contributed by atoms with Crippen LogP contribution in [0.2, 0.25) is 0 Å². The highest BCUT2D eigenvalue weighted by molar-refractivity contribution is 5.15. The van der Waals surface area contributed by atoms with Crippen LogP contribution in [0.5, 0.6) is 0 Å². The van der Waals surface area contributed by atoms with Crippen LogP contribution in [0.4, 0.5) is 0 Å². The van der Waals surface area contributed by atoms with E-state index in [2.05, 4.69) is 60.5 Å². The average Bonchev–Trinajstić information content (AvgIpc) is 2.67. The molecule has 0 saturated heterocycles. The van der Waals surface area contributed by atoms with E-state index in [9.17, 15) is 0 Å². The molecule has 1 atom stereocenters. The Morgan fingerprint density at radius 1 is 0.920 bits per heavy atom. The van der Waals surface area contributed by atoms with Crippen molar-refractivity contribution >= 4 is 0 Å². The maximum Gasteiger partial charge on any atom is 0.0716 e. The third-order valence-corrected chi connectivity index (χ3v) is 4.26. The molecule has 0 aliphatic rings.